The Bertz CT molecular complexity index is 803. The number of aliphatic imine (C=N–C) groups is 1. The van der Waals surface area contributed by atoms with Gasteiger partial charge in [-0.15, -0.1) is 0 Å². The normalized spacial score (nSPS) is 27.5. The summed E-state index contributed by atoms with van der Waals surface area (Å²) in [5.41, 5.74) is 1.21. The molecule has 4 unspecified atom stereocenters. The van der Waals surface area contributed by atoms with Crippen LogP contribution in [0.25, 0.3) is 0 Å². The molecule has 0 radical (unpaired) electrons. The molecule has 0 spiro atoms. The summed E-state index contributed by atoms with van der Waals surface area (Å²) in [5.74, 6) is 1.78. The largest absolute Gasteiger partial charge is 0.497 e. The van der Waals surface area contributed by atoms with Crippen molar-refractivity contribution in [1.29, 1.82) is 0 Å². The van der Waals surface area contributed by atoms with Crippen LogP contribution in [0.5, 0.6) is 5.75 Å². The predicted molar refractivity (Wildman–Crippen MR) is 110 cm³/mol. The summed E-state index contributed by atoms with van der Waals surface area (Å²) in [7, 11) is 3.37. The Morgan fingerprint density at radius 1 is 1.07 bits per heavy atom. The molecule has 7 nitrogen and oxygen atoms in total. The summed E-state index contributed by atoms with van der Waals surface area (Å²) in [4.78, 5) is 31.1. The molecule has 1 saturated carbocycles. The van der Waals surface area contributed by atoms with Gasteiger partial charge in [-0.2, -0.15) is 0 Å². The predicted octanol–water partition coefficient (Wildman–Crippen LogP) is 1.21. The molecule has 4 rings (SSSR count). The maximum absolute atomic E-state index is 12.7. The van der Waals surface area contributed by atoms with Gasteiger partial charge in [0, 0.05) is 26.7 Å². The summed E-state index contributed by atoms with van der Waals surface area (Å²) in [6, 6.07) is 7.98. The summed E-state index contributed by atoms with van der Waals surface area (Å²) >= 11 is 0. The van der Waals surface area contributed by atoms with Gasteiger partial charge < -0.3 is 15.4 Å². The summed E-state index contributed by atoms with van der Waals surface area (Å²) in [6.07, 6.45) is 6.05. The monoisotopic (exact) mass is 396 g/mol. The minimum Gasteiger partial charge on any atom is -0.497 e. The van der Waals surface area contributed by atoms with Gasteiger partial charge >= 0.3 is 0 Å². The Labute approximate surface area is 171 Å². The van der Waals surface area contributed by atoms with Gasteiger partial charge in [0.2, 0.25) is 11.8 Å². The fraction of sp³-hybridized carbons (Fsp3) is 0.500. The maximum atomic E-state index is 12.7. The molecule has 7 heteroatoms. The quantitative estimate of drug-likeness (QED) is 0.313. The molecule has 1 aliphatic heterocycles. The topological polar surface area (TPSA) is 83.0 Å². The van der Waals surface area contributed by atoms with Crippen LogP contribution in [0.3, 0.4) is 0 Å². The van der Waals surface area contributed by atoms with Gasteiger partial charge in [0.15, 0.2) is 5.96 Å². The van der Waals surface area contributed by atoms with E-state index in [1.165, 1.54) is 10.5 Å². The van der Waals surface area contributed by atoms with Crippen molar-refractivity contribution < 1.29 is 14.3 Å². The number of ether oxygens (including phenoxy) is 1. The van der Waals surface area contributed by atoms with Gasteiger partial charge in [-0.05, 0) is 42.4 Å². The van der Waals surface area contributed by atoms with Crippen molar-refractivity contribution in [3.8, 4) is 5.75 Å². The maximum Gasteiger partial charge on any atom is 0.233 e. The Morgan fingerprint density at radius 2 is 1.69 bits per heavy atom. The number of guanidine groups is 1. The first-order valence-corrected chi connectivity index (χ1v) is 10.2. The van der Waals surface area contributed by atoms with Crippen LogP contribution in [0.15, 0.2) is 41.4 Å². The van der Waals surface area contributed by atoms with Crippen molar-refractivity contribution >= 4 is 17.8 Å². The van der Waals surface area contributed by atoms with Gasteiger partial charge in [0.05, 0.1) is 18.9 Å². The highest BCUT2D eigenvalue weighted by Gasteiger charge is 2.58. The van der Waals surface area contributed by atoms with E-state index in [0.29, 0.717) is 19.0 Å². The van der Waals surface area contributed by atoms with E-state index in [2.05, 4.69) is 27.8 Å². The van der Waals surface area contributed by atoms with E-state index >= 15 is 0 Å². The number of allylic oxidation sites excluding steroid dienone is 2. The highest BCUT2D eigenvalue weighted by molar-refractivity contribution is 6.06. The zero-order chi connectivity index (χ0) is 20.4. The van der Waals surface area contributed by atoms with Crippen molar-refractivity contribution in [2.45, 2.75) is 12.8 Å². The minimum atomic E-state index is -0.126. The van der Waals surface area contributed by atoms with Crippen LogP contribution in [0, 0.1) is 23.7 Å². The number of hydrogen-bond acceptors (Lipinski definition) is 4. The zero-order valence-corrected chi connectivity index (χ0v) is 16.9. The molecule has 1 heterocycles. The number of imide groups is 1. The van der Waals surface area contributed by atoms with Crippen LogP contribution in [-0.2, 0) is 16.0 Å². The molecule has 154 valence electrons. The van der Waals surface area contributed by atoms with Crippen LogP contribution in [-0.4, -0.2) is 56.5 Å². The van der Waals surface area contributed by atoms with E-state index in [1.54, 1.807) is 14.2 Å². The number of methoxy groups -OCH3 is 1. The van der Waals surface area contributed by atoms with Crippen molar-refractivity contribution in [3.05, 3.63) is 42.0 Å². The van der Waals surface area contributed by atoms with E-state index in [9.17, 15) is 9.59 Å². The summed E-state index contributed by atoms with van der Waals surface area (Å²) in [6.45, 7) is 1.60. The number of hydrogen-bond donors (Lipinski definition) is 2. The third-order valence-electron chi connectivity index (χ3n) is 6.28. The summed E-state index contributed by atoms with van der Waals surface area (Å²) in [5, 5.41) is 6.47. The number of fused-ring (bicyclic) bond motifs is 5. The van der Waals surface area contributed by atoms with E-state index in [-0.39, 0.29) is 35.5 Å². The van der Waals surface area contributed by atoms with Gasteiger partial charge in [-0.3, -0.25) is 19.5 Å². The molecule has 2 bridgehead atoms. The second-order valence-corrected chi connectivity index (χ2v) is 7.85. The first-order valence-electron chi connectivity index (χ1n) is 10.2. The molecule has 3 aliphatic rings. The van der Waals surface area contributed by atoms with Gasteiger partial charge in [0.1, 0.15) is 5.75 Å². The smallest absolute Gasteiger partial charge is 0.233 e. The minimum absolute atomic E-state index is 0.00102. The number of nitrogens with one attached hydrogen (secondary N) is 2. The zero-order valence-electron chi connectivity index (χ0n) is 16.9. The lowest BCUT2D eigenvalue weighted by molar-refractivity contribution is -0.140. The lowest BCUT2D eigenvalue weighted by Crippen LogP contribution is -2.44. The third kappa shape index (κ3) is 3.73. The number of amides is 2. The highest BCUT2D eigenvalue weighted by atomic mass is 16.5. The summed E-state index contributed by atoms with van der Waals surface area (Å²) < 4.78 is 5.17. The van der Waals surface area contributed by atoms with Crippen molar-refractivity contribution in [2.24, 2.45) is 28.7 Å². The van der Waals surface area contributed by atoms with Crippen LogP contribution in [0.1, 0.15) is 12.0 Å². The van der Waals surface area contributed by atoms with Crippen LogP contribution in [0.2, 0.25) is 0 Å². The number of likely N-dealkylation sites (tertiary alicyclic amines) is 1. The van der Waals surface area contributed by atoms with E-state index in [1.807, 2.05) is 24.3 Å². The molecular formula is C22H28N4O3. The second kappa shape index (κ2) is 8.27. The standard InChI is InChI=1S/C22H28N4O3/c1-23-22(24-10-9-14-3-7-17(29-2)8-4-14)25-11-12-26-20(27)18-15-5-6-16(13-15)19(18)21(26)28/h3-8,15-16,18-19H,9-13H2,1-2H3,(H2,23,24,25). The van der Waals surface area contributed by atoms with Crippen LogP contribution < -0.4 is 15.4 Å². The number of carbonyl (C=O) groups is 2. The number of benzene rings is 1. The Hall–Kier alpha value is -2.83. The molecule has 2 amide bonds. The molecule has 4 atom stereocenters. The number of nitrogens with zero attached hydrogens (tertiary/aromatic N) is 2. The van der Waals surface area contributed by atoms with E-state index < -0.39 is 0 Å². The average Bonchev–Trinajstić information content (AvgIpc) is 3.42. The van der Waals surface area contributed by atoms with Gasteiger partial charge in [-0.25, -0.2) is 0 Å². The van der Waals surface area contributed by atoms with E-state index in [0.717, 1.165) is 25.1 Å². The van der Waals surface area contributed by atoms with Gasteiger partial charge in [0.25, 0.3) is 0 Å². The molecule has 29 heavy (non-hydrogen) atoms. The van der Waals surface area contributed by atoms with Gasteiger partial charge in [-0.1, -0.05) is 24.3 Å². The molecule has 1 saturated heterocycles. The molecule has 1 aromatic carbocycles. The lowest BCUT2D eigenvalue weighted by atomic mass is 9.85. The molecule has 0 aromatic heterocycles. The van der Waals surface area contributed by atoms with Crippen molar-refractivity contribution in [1.82, 2.24) is 15.5 Å². The van der Waals surface area contributed by atoms with Crippen molar-refractivity contribution in [3.63, 3.8) is 0 Å². The molecule has 2 fully saturated rings. The average molecular weight is 396 g/mol. The number of rotatable bonds is 7. The third-order valence-corrected chi connectivity index (χ3v) is 6.28. The Balaban J connectivity index is 1.21. The molecule has 2 aliphatic carbocycles. The molecule has 2 N–H and O–H groups in total. The fourth-order valence-corrected chi connectivity index (χ4v) is 4.81. The van der Waals surface area contributed by atoms with Crippen molar-refractivity contribution in [2.75, 3.05) is 33.8 Å². The first-order chi connectivity index (χ1) is 14.1. The second-order valence-electron chi connectivity index (χ2n) is 7.85. The first kappa shape index (κ1) is 19.5. The lowest BCUT2D eigenvalue weighted by Gasteiger charge is -2.18. The number of carbonyl (C=O) groups excluding carboxylic acids is 2. The van der Waals surface area contributed by atoms with E-state index in [4.69, 9.17) is 4.74 Å². The molecule has 1 aromatic rings. The SMILES string of the molecule is CN=C(NCCc1ccc(OC)cc1)NCCN1C(=O)C2C3C=CC(C3)C2C1=O. The Kier molecular flexibility index (Phi) is 5.56. The van der Waals surface area contributed by atoms with Crippen LogP contribution in [0.4, 0.5) is 0 Å². The van der Waals surface area contributed by atoms with Crippen LogP contribution >= 0.6 is 0 Å². The fourth-order valence-electron chi connectivity index (χ4n) is 4.81. The molecular weight excluding hydrogens is 368 g/mol. The highest BCUT2D eigenvalue weighted by Crippen LogP contribution is 2.52. The Morgan fingerprint density at radius 3 is 2.28 bits per heavy atom.